The molecule has 126 valence electrons. The van der Waals surface area contributed by atoms with Gasteiger partial charge in [0.15, 0.2) is 17.3 Å². The Bertz CT molecular complexity index is 734. The molecule has 6 nitrogen and oxygen atoms in total. The molecule has 0 aliphatic carbocycles. The van der Waals surface area contributed by atoms with E-state index in [9.17, 15) is 4.79 Å². The molecule has 6 heteroatoms. The summed E-state index contributed by atoms with van der Waals surface area (Å²) >= 11 is 0. The first kappa shape index (κ1) is 15.1. The van der Waals surface area contributed by atoms with Crippen molar-refractivity contribution in [2.24, 2.45) is 0 Å². The number of fused-ring (bicyclic) bond motifs is 1. The number of rotatable bonds is 3. The number of nitrogens with zero attached hydrogens (tertiary/aromatic N) is 2. The van der Waals surface area contributed by atoms with Crippen molar-refractivity contribution >= 4 is 5.91 Å². The Morgan fingerprint density at radius 2 is 1.83 bits per heavy atom. The lowest BCUT2D eigenvalue weighted by Crippen LogP contribution is -2.36. The van der Waals surface area contributed by atoms with Gasteiger partial charge < -0.3 is 18.9 Å². The molecule has 2 aliphatic heterocycles. The zero-order chi connectivity index (χ0) is 16.4. The number of likely N-dealkylation sites (tertiary alicyclic amines) is 1. The summed E-state index contributed by atoms with van der Waals surface area (Å²) in [4.78, 5) is 14.2. The molecule has 1 amide bonds. The fourth-order valence-electron chi connectivity index (χ4n) is 3.14. The Balaban J connectivity index is 1.47. The molecule has 0 unspecified atom stereocenters. The van der Waals surface area contributed by atoms with Crippen molar-refractivity contribution in [3.05, 3.63) is 30.0 Å². The van der Waals surface area contributed by atoms with Crippen LogP contribution in [0.3, 0.4) is 0 Å². The van der Waals surface area contributed by atoms with Crippen LogP contribution in [-0.4, -0.2) is 42.3 Å². The van der Waals surface area contributed by atoms with Crippen LogP contribution < -0.4 is 9.47 Å². The fraction of sp³-hybridized carbons (Fsp3) is 0.444. The van der Waals surface area contributed by atoms with Gasteiger partial charge in [-0.05, 0) is 37.5 Å². The lowest BCUT2D eigenvalue weighted by atomic mass is 10.1. The molecule has 0 N–H and O–H groups in total. The van der Waals surface area contributed by atoms with E-state index in [2.05, 4.69) is 5.16 Å². The Morgan fingerprint density at radius 3 is 2.67 bits per heavy atom. The van der Waals surface area contributed by atoms with Gasteiger partial charge in [0.25, 0.3) is 0 Å². The van der Waals surface area contributed by atoms with Gasteiger partial charge in [-0.3, -0.25) is 4.79 Å². The van der Waals surface area contributed by atoms with Gasteiger partial charge in [-0.1, -0.05) is 5.16 Å². The zero-order valence-corrected chi connectivity index (χ0v) is 13.5. The minimum absolute atomic E-state index is 0.122. The molecule has 1 fully saturated rings. The van der Waals surface area contributed by atoms with Gasteiger partial charge in [0, 0.05) is 24.7 Å². The summed E-state index contributed by atoms with van der Waals surface area (Å²) in [7, 11) is 0. The molecular weight excluding hydrogens is 308 g/mol. The molecule has 24 heavy (non-hydrogen) atoms. The van der Waals surface area contributed by atoms with E-state index < -0.39 is 0 Å². The van der Waals surface area contributed by atoms with Crippen LogP contribution in [0.15, 0.2) is 28.8 Å². The third kappa shape index (κ3) is 3.09. The van der Waals surface area contributed by atoms with Crippen LogP contribution in [0.4, 0.5) is 0 Å². The Labute approximate surface area is 140 Å². The van der Waals surface area contributed by atoms with Gasteiger partial charge in [0.2, 0.25) is 5.91 Å². The molecule has 0 spiro atoms. The zero-order valence-electron chi connectivity index (χ0n) is 13.5. The van der Waals surface area contributed by atoms with E-state index in [1.807, 2.05) is 29.2 Å². The van der Waals surface area contributed by atoms with Crippen LogP contribution in [0.2, 0.25) is 0 Å². The molecule has 2 aliphatic rings. The number of aromatic nitrogens is 1. The highest BCUT2D eigenvalue weighted by molar-refractivity contribution is 5.78. The number of hydrogen-bond acceptors (Lipinski definition) is 5. The van der Waals surface area contributed by atoms with Crippen molar-refractivity contribution in [1.82, 2.24) is 10.1 Å². The van der Waals surface area contributed by atoms with Crippen molar-refractivity contribution in [2.45, 2.75) is 25.7 Å². The van der Waals surface area contributed by atoms with E-state index >= 15 is 0 Å². The molecule has 1 aromatic heterocycles. The summed E-state index contributed by atoms with van der Waals surface area (Å²) in [5, 5.41) is 4.04. The van der Waals surface area contributed by atoms with Crippen molar-refractivity contribution in [3.8, 4) is 22.8 Å². The number of ether oxygens (including phenoxy) is 2. The second kappa shape index (κ2) is 6.55. The summed E-state index contributed by atoms with van der Waals surface area (Å²) < 4.78 is 16.5. The third-order valence-corrected chi connectivity index (χ3v) is 4.43. The highest BCUT2D eigenvalue weighted by Crippen LogP contribution is 2.34. The Kier molecular flexibility index (Phi) is 4.11. The van der Waals surface area contributed by atoms with E-state index in [4.69, 9.17) is 14.0 Å². The molecule has 3 heterocycles. The number of carbonyl (C=O) groups is 1. The summed E-state index contributed by atoms with van der Waals surface area (Å²) in [6.45, 7) is 2.82. The first-order valence-corrected chi connectivity index (χ1v) is 8.43. The fourth-order valence-corrected chi connectivity index (χ4v) is 3.14. The van der Waals surface area contributed by atoms with Crippen LogP contribution in [0.5, 0.6) is 11.5 Å². The van der Waals surface area contributed by atoms with E-state index in [1.54, 1.807) is 0 Å². The number of piperidine rings is 1. The van der Waals surface area contributed by atoms with Crippen molar-refractivity contribution in [3.63, 3.8) is 0 Å². The maximum Gasteiger partial charge on any atom is 0.228 e. The molecule has 1 aromatic carbocycles. The van der Waals surface area contributed by atoms with E-state index in [0.717, 1.165) is 37.2 Å². The van der Waals surface area contributed by atoms with Gasteiger partial charge in [-0.25, -0.2) is 0 Å². The SMILES string of the molecule is O=C(Cc1cc(-c2ccc3c(c2)OCCO3)on1)N1CCCCC1. The second-order valence-electron chi connectivity index (χ2n) is 6.16. The Morgan fingerprint density at radius 1 is 1.04 bits per heavy atom. The molecule has 0 radical (unpaired) electrons. The lowest BCUT2D eigenvalue weighted by molar-refractivity contribution is -0.131. The van der Waals surface area contributed by atoms with Crippen LogP contribution >= 0.6 is 0 Å². The van der Waals surface area contributed by atoms with Gasteiger partial charge in [-0.2, -0.15) is 0 Å². The largest absolute Gasteiger partial charge is 0.486 e. The molecule has 1 saturated heterocycles. The van der Waals surface area contributed by atoms with E-state index in [0.29, 0.717) is 30.4 Å². The monoisotopic (exact) mass is 328 g/mol. The average Bonchev–Trinajstić information content (AvgIpc) is 3.10. The van der Waals surface area contributed by atoms with Crippen molar-refractivity contribution in [2.75, 3.05) is 26.3 Å². The maximum absolute atomic E-state index is 12.3. The lowest BCUT2D eigenvalue weighted by Gasteiger charge is -2.26. The smallest absolute Gasteiger partial charge is 0.228 e. The number of hydrogen-bond donors (Lipinski definition) is 0. The minimum atomic E-state index is 0.122. The van der Waals surface area contributed by atoms with E-state index in [1.165, 1.54) is 6.42 Å². The quantitative estimate of drug-likeness (QED) is 0.867. The maximum atomic E-state index is 12.3. The summed E-state index contributed by atoms with van der Waals surface area (Å²) in [6, 6.07) is 7.48. The predicted molar refractivity (Wildman–Crippen MR) is 87.1 cm³/mol. The van der Waals surface area contributed by atoms with Crippen LogP contribution in [0.1, 0.15) is 25.0 Å². The van der Waals surface area contributed by atoms with Crippen LogP contribution in [-0.2, 0) is 11.2 Å². The second-order valence-corrected chi connectivity index (χ2v) is 6.16. The molecule has 0 saturated carbocycles. The summed E-state index contributed by atoms with van der Waals surface area (Å²) in [5.74, 6) is 2.20. The molecule has 0 bridgehead atoms. The van der Waals surface area contributed by atoms with Gasteiger partial charge in [0.1, 0.15) is 13.2 Å². The molecule has 0 atom stereocenters. The first-order chi connectivity index (χ1) is 11.8. The first-order valence-electron chi connectivity index (χ1n) is 8.43. The van der Waals surface area contributed by atoms with Crippen molar-refractivity contribution < 1.29 is 18.8 Å². The van der Waals surface area contributed by atoms with Gasteiger partial charge in [-0.15, -0.1) is 0 Å². The van der Waals surface area contributed by atoms with Crippen LogP contribution in [0, 0.1) is 0 Å². The standard InChI is InChI=1S/C18H20N2O4/c21-18(20-6-2-1-3-7-20)12-14-11-16(24-19-14)13-4-5-15-17(10-13)23-9-8-22-15/h4-5,10-11H,1-3,6-9,12H2. The topological polar surface area (TPSA) is 64.8 Å². The normalized spacial score (nSPS) is 16.9. The molecule has 2 aromatic rings. The molecule has 4 rings (SSSR count). The van der Waals surface area contributed by atoms with E-state index in [-0.39, 0.29) is 12.3 Å². The number of amides is 1. The summed E-state index contributed by atoms with van der Waals surface area (Å²) in [5.41, 5.74) is 1.53. The van der Waals surface area contributed by atoms with Crippen molar-refractivity contribution in [1.29, 1.82) is 0 Å². The molecular formula is C18H20N2O4. The van der Waals surface area contributed by atoms with Gasteiger partial charge in [0.05, 0.1) is 12.1 Å². The minimum Gasteiger partial charge on any atom is -0.486 e. The number of benzene rings is 1. The summed E-state index contributed by atoms with van der Waals surface area (Å²) in [6.07, 6.45) is 3.68. The number of carbonyl (C=O) groups excluding carboxylic acids is 1. The van der Waals surface area contributed by atoms with Crippen LogP contribution in [0.25, 0.3) is 11.3 Å². The third-order valence-electron chi connectivity index (χ3n) is 4.43. The predicted octanol–water partition coefficient (Wildman–Crippen LogP) is 2.67. The Hall–Kier alpha value is -2.50. The highest BCUT2D eigenvalue weighted by Gasteiger charge is 2.19. The van der Waals surface area contributed by atoms with Gasteiger partial charge >= 0.3 is 0 Å². The highest BCUT2D eigenvalue weighted by atomic mass is 16.6. The average molecular weight is 328 g/mol.